The van der Waals surface area contributed by atoms with E-state index in [-0.39, 0.29) is 17.2 Å². The van der Waals surface area contributed by atoms with E-state index in [1.807, 2.05) is 0 Å². The maximum Gasteiger partial charge on any atom is 0.269 e. The van der Waals surface area contributed by atoms with Crippen LogP contribution >= 0.6 is 23.1 Å². The van der Waals surface area contributed by atoms with Crippen molar-refractivity contribution >= 4 is 50.6 Å². The average molecular weight is 390 g/mol. The number of carbonyl (C=O) groups is 1. The summed E-state index contributed by atoms with van der Waals surface area (Å²) in [5.74, 6) is -0.288. The predicted octanol–water partition coefficient (Wildman–Crippen LogP) is 3.02. The minimum atomic E-state index is -0.513. The van der Waals surface area contributed by atoms with Crippen LogP contribution in [0.15, 0.2) is 45.7 Å². The Morgan fingerprint density at radius 1 is 1.35 bits per heavy atom. The molecule has 1 amide bonds. The fourth-order valence-corrected chi connectivity index (χ4v) is 3.89. The Balaban J connectivity index is 1.74. The number of amides is 1. The molecule has 0 aliphatic rings. The van der Waals surface area contributed by atoms with Gasteiger partial charge in [-0.1, -0.05) is 11.8 Å². The van der Waals surface area contributed by atoms with Crippen molar-refractivity contribution in [2.75, 3.05) is 5.32 Å². The van der Waals surface area contributed by atoms with Gasteiger partial charge in [-0.05, 0) is 30.5 Å². The summed E-state index contributed by atoms with van der Waals surface area (Å²) in [6.45, 7) is 1.70. The van der Waals surface area contributed by atoms with Crippen molar-refractivity contribution in [3.63, 3.8) is 0 Å². The fourth-order valence-electron chi connectivity index (χ4n) is 2.21. The van der Waals surface area contributed by atoms with Crippen molar-refractivity contribution in [3.8, 4) is 0 Å². The van der Waals surface area contributed by atoms with E-state index in [0.29, 0.717) is 21.1 Å². The molecule has 0 aliphatic heterocycles. The number of rotatable bonds is 5. The minimum absolute atomic E-state index is 0.0473. The molecule has 0 saturated heterocycles. The van der Waals surface area contributed by atoms with E-state index >= 15 is 0 Å². The smallest absolute Gasteiger partial charge is 0.269 e. The quantitative estimate of drug-likeness (QED) is 0.311. The maximum atomic E-state index is 12.4. The van der Waals surface area contributed by atoms with E-state index in [1.54, 1.807) is 25.4 Å². The van der Waals surface area contributed by atoms with Crippen molar-refractivity contribution < 1.29 is 9.72 Å². The first kappa shape index (κ1) is 18.1. The monoisotopic (exact) mass is 390 g/mol. The van der Waals surface area contributed by atoms with Gasteiger partial charge in [-0.25, -0.2) is 4.98 Å². The zero-order valence-corrected chi connectivity index (χ0v) is 15.5. The van der Waals surface area contributed by atoms with Gasteiger partial charge in [0, 0.05) is 24.9 Å². The second-order valence-electron chi connectivity index (χ2n) is 5.45. The fraction of sp³-hybridized carbons (Fsp3) is 0.188. The lowest BCUT2D eigenvalue weighted by Crippen LogP contribution is -2.25. The van der Waals surface area contributed by atoms with Gasteiger partial charge in [-0.3, -0.25) is 24.3 Å². The number of hydrogen-bond acceptors (Lipinski definition) is 7. The van der Waals surface area contributed by atoms with E-state index in [9.17, 15) is 19.7 Å². The third-order valence-corrected chi connectivity index (χ3v) is 5.61. The number of hydrogen-bond donors (Lipinski definition) is 1. The Labute approximate surface area is 156 Å². The lowest BCUT2D eigenvalue weighted by atomic mass is 10.3. The highest BCUT2D eigenvalue weighted by molar-refractivity contribution is 8.00. The molecule has 1 aromatic carbocycles. The lowest BCUT2D eigenvalue weighted by Gasteiger charge is -2.13. The number of nitrogens with one attached hydrogen (secondary N) is 1. The van der Waals surface area contributed by atoms with Crippen LogP contribution in [0.3, 0.4) is 0 Å². The molecule has 3 aromatic rings. The highest BCUT2D eigenvalue weighted by Gasteiger charge is 2.19. The molecule has 10 heteroatoms. The van der Waals surface area contributed by atoms with Gasteiger partial charge >= 0.3 is 0 Å². The van der Waals surface area contributed by atoms with Crippen LogP contribution in [0.2, 0.25) is 0 Å². The highest BCUT2D eigenvalue weighted by Crippen LogP contribution is 2.25. The molecule has 3 rings (SSSR count). The van der Waals surface area contributed by atoms with E-state index in [2.05, 4.69) is 10.3 Å². The molecule has 26 heavy (non-hydrogen) atoms. The van der Waals surface area contributed by atoms with Crippen molar-refractivity contribution in [2.24, 2.45) is 7.05 Å². The van der Waals surface area contributed by atoms with Gasteiger partial charge in [-0.2, -0.15) is 0 Å². The summed E-state index contributed by atoms with van der Waals surface area (Å²) in [7, 11) is 1.62. The average Bonchev–Trinajstić information content (AvgIpc) is 3.08. The molecule has 0 fully saturated rings. The summed E-state index contributed by atoms with van der Waals surface area (Å²) in [5, 5.41) is 15.7. The number of benzene rings is 1. The number of nitrogens with zero attached hydrogens (tertiary/aromatic N) is 3. The first-order chi connectivity index (χ1) is 12.4. The number of non-ortho nitro benzene ring substituents is 1. The summed E-state index contributed by atoms with van der Waals surface area (Å²) < 4.78 is 1.43. The molecule has 0 spiro atoms. The molecule has 0 radical (unpaired) electrons. The van der Waals surface area contributed by atoms with E-state index in [0.717, 1.165) is 0 Å². The van der Waals surface area contributed by atoms with Crippen molar-refractivity contribution in [2.45, 2.75) is 17.3 Å². The zero-order chi connectivity index (χ0) is 18.8. The van der Waals surface area contributed by atoms with Crippen LogP contribution in [0.5, 0.6) is 0 Å². The Hall–Kier alpha value is -2.72. The standard InChI is InChI=1S/C16H14N4O4S2/c1-9(13(21)17-10-3-5-11(6-4-10)20(23)24)26-16-18-14-12(7-8-25-14)15(22)19(16)2/h3-9H,1-2H3,(H,17,21). The van der Waals surface area contributed by atoms with E-state index < -0.39 is 10.2 Å². The molecule has 1 unspecified atom stereocenters. The number of aromatic nitrogens is 2. The third kappa shape index (κ3) is 3.60. The molecular formula is C16H14N4O4S2. The number of nitro benzene ring substituents is 1. The second kappa shape index (κ2) is 7.26. The molecule has 0 aliphatic carbocycles. The number of carbonyl (C=O) groups excluding carboxylic acids is 1. The van der Waals surface area contributed by atoms with Gasteiger partial charge < -0.3 is 5.32 Å². The number of nitro groups is 1. The molecule has 1 N–H and O–H groups in total. The predicted molar refractivity (Wildman–Crippen MR) is 102 cm³/mol. The van der Waals surface area contributed by atoms with Crippen molar-refractivity contribution in [1.82, 2.24) is 9.55 Å². The maximum absolute atomic E-state index is 12.4. The first-order valence-electron chi connectivity index (χ1n) is 7.53. The van der Waals surface area contributed by atoms with Crippen molar-refractivity contribution in [3.05, 3.63) is 56.2 Å². The Morgan fingerprint density at radius 2 is 2.04 bits per heavy atom. The van der Waals surface area contributed by atoms with Gasteiger partial charge in [0.05, 0.1) is 15.6 Å². The number of thioether (sulfide) groups is 1. The Bertz CT molecular complexity index is 1040. The molecule has 134 valence electrons. The molecule has 2 heterocycles. The summed E-state index contributed by atoms with van der Waals surface area (Å²) in [6.07, 6.45) is 0. The SMILES string of the molecule is CC(Sc1nc2sccc2c(=O)n1C)C(=O)Nc1ccc([N+](=O)[O-])cc1. The molecule has 1 atom stereocenters. The summed E-state index contributed by atoms with van der Waals surface area (Å²) in [4.78, 5) is 39.9. The number of fused-ring (bicyclic) bond motifs is 1. The molecule has 2 aromatic heterocycles. The summed E-state index contributed by atoms with van der Waals surface area (Å²) in [5.41, 5.74) is 0.263. The molecule has 0 saturated carbocycles. The second-order valence-corrected chi connectivity index (χ2v) is 7.65. The van der Waals surface area contributed by atoms with Gasteiger partial charge in [-0.15, -0.1) is 11.3 Å². The largest absolute Gasteiger partial charge is 0.325 e. The van der Waals surface area contributed by atoms with Crippen LogP contribution in [0.4, 0.5) is 11.4 Å². The number of anilines is 1. The Kier molecular flexibility index (Phi) is 5.05. The highest BCUT2D eigenvalue weighted by atomic mass is 32.2. The van der Waals surface area contributed by atoms with Gasteiger partial charge in [0.15, 0.2) is 5.16 Å². The summed E-state index contributed by atoms with van der Waals surface area (Å²) >= 11 is 2.55. The van der Waals surface area contributed by atoms with Gasteiger partial charge in [0.25, 0.3) is 11.2 Å². The van der Waals surface area contributed by atoms with E-state index in [1.165, 1.54) is 51.9 Å². The first-order valence-corrected chi connectivity index (χ1v) is 9.29. The van der Waals surface area contributed by atoms with Crippen LogP contribution in [-0.4, -0.2) is 25.6 Å². The zero-order valence-electron chi connectivity index (χ0n) is 13.8. The van der Waals surface area contributed by atoms with Crippen LogP contribution in [0, 0.1) is 10.1 Å². The van der Waals surface area contributed by atoms with Gasteiger partial charge in [0.1, 0.15) is 4.83 Å². The number of thiophene rings is 1. The third-order valence-electron chi connectivity index (χ3n) is 3.66. The van der Waals surface area contributed by atoms with Crippen LogP contribution in [0.1, 0.15) is 6.92 Å². The molecule has 0 bridgehead atoms. The van der Waals surface area contributed by atoms with Crippen molar-refractivity contribution in [1.29, 1.82) is 0 Å². The summed E-state index contributed by atoms with van der Waals surface area (Å²) in [6, 6.07) is 7.32. The molecule has 8 nitrogen and oxygen atoms in total. The van der Waals surface area contributed by atoms with Crippen LogP contribution in [-0.2, 0) is 11.8 Å². The molecular weight excluding hydrogens is 376 g/mol. The lowest BCUT2D eigenvalue weighted by molar-refractivity contribution is -0.384. The van der Waals surface area contributed by atoms with Gasteiger partial charge in [0.2, 0.25) is 5.91 Å². The van der Waals surface area contributed by atoms with Crippen LogP contribution in [0.25, 0.3) is 10.2 Å². The normalized spacial score (nSPS) is 12.1. The topological polar surface area (TPSA) is 107 Å². The minimum Gasteiger partial charge on any atom is -0.325 e. The van der Waals surface area contributed by atoms with Crippen LogP contribution < -0.4 is 10.9 Å². The van der Waals surface area contributed by atoms with E-state index in [4.69, 9.17) is 0 Å². The Morgan fingerprint density at radius 3 is 2.69 bits per heavy atom.